The van der Waals surface area contributed by atoms with Gasteiger partial charge in [0.1, 0.15) is 5.82 Å². The van der Waals surface area contributed by atoms with E-state index in [0.717, 1.165) is 0 Å². The Kier molecular flexibility index (Phi) is 1.98. The molecule has 0 aliphatic carbocycles. The molecular weight excluding hydrogens is 145 g/mol. The fourth-order valence-electron chi connectivity index (χ4n) is 0.795. The van der Waals surface area contributed by atoms with E-state index in [1.54, 1.807) is 6.92 Å². The lowest BCUT2D eigenvalue weighted by Crippen LogP contribution is -1.99. The van der Waals surface area contributed by atoms with Crippen molar-refractivity contribution in [1.29, 1.82) is 0 Å². The van der Waals surface area contributed by atoms with Crippen LogP contribution in [0.25, 0.3) is 0 Å². The molecule has 0 amide bonds. The summed E-state index contributed by atoms with van der Waals surface area (Å²) >= 11 is 0. The van der Waals surface area contributed by atoms with E-state index in [4.69, 9.17) is 0 Å². The Bertz CT molecular complexity index is 296. The van der Waals surface area contributed by atoms with Crippen molar-refractivity contribution < 1.29 is 9.18 Å². The molecule has 0 radical (unpaired) electrons. The molecule has 11 heavy (non-hydrogen) atoms. The van der Waals surface area contributed by atoms with Crippen LogP contribution >= 0.6 is 0 Å². The maximum Gasteiger partial charge on any atom is 0.164 e. The molecule has 0 saturated heterocycles. The zero-order chi connectivity index (χ0) is 8.43. The van der Waals surface area contributed by atoms with Crippen molar-refractivity contribution >= 4 is 5.78 Å². The molecule has 0 unspecified atom stereocenters. The Balaban J connectivity index is 3.27. The zero-order valence-corrected chi connectivity index (χ0v) is 6.39. The highest BCUT2D eigenvalue weighted by atomic mass is 19.1. The summed E-state index contributed by atoms with van der Waals surface area (Å²) in [7, 11) is 0. The Hall–Kier alpha value is -1.25. The fraction of sp³-hybridized carbons (Fsp3) is 0.250. The second-order valence-corrected chi connectivity index (χ2v) is 2.37. The molecule has 0 atom stereocenters. The lowest BCUT2D eigenvalue weighted by atomic mass is 10.1. The predicted octanol–water partition coefficient (Wildman–Crippen LogP) is 1.73. The van der Waals surface area contributed by atoms with Crippen LogP contribution in [-0.2, 0) is 0 Å². The summed E-state index contributed by atoms with van der Waals surface area (Å²) in [6.45, 7) is 2.90. The molecule has 0 aliphatic heterocycles. The van der Waals surface area contributed by atoms with E-state index in [1.807, 2.05) is 0 Å². The van der Waals surface area contributed by atoms with E-state index in [-0.39, 0.29) is 11.3 Å². The van der Waals surface area contributed by atoms with Gasteiger partial charge in [0.2, 0.25) is 0 Å². The van der Waals surface area contributed by atoms with Gasteiger partial charge in [-0.05, 0) is 13.8 Å². The summed E-state index contributed by atoms with van der Waals surface area (Å²) in [6, 6.07) is 0. The highest BCUT2D eigenvalue weighted by Crippen LogP contribution is 2.09. The van der Waals surface area contributed by atoms with Crippen LogP contribution in [0, 0.1) is 12.7 Å². The van der Waals surface area contributed by atoms with Gasteiger partial charge in [-0.2, -0.15) is 0 Å². The highest BCUT2D eigenvalue weighted by molar-refractivity contribution is 5.94. The van der Waals surface area contributed by atoms with Gasteiger partial charge in [-0.15, -0.1) is 0 Å². The normalized spacial score (nSPS) is 9.73. The summed E-state index contributed by atoms with van der Waals surface area (Å²) in [5, 5.41) is 0. The van der Waals surface area contributed by atoms with E-state index < -0.39 is 5.82 Å². The van der Waals surface area contributed by atoms with Crippen molar-refractivity contribution in [3.63, 3.8) is 0 Å². The standard InChI is InChI=1S/C8H8FNO/c1-5-3-10-4-7(6(2)11)8(5)9/h3-4H,1-2H3. The van der Waals surface area contributed by atoms with E-state index in [9.17, 15) is 9.18 Å². The van der Waals surface area contributed by atoms with Crippen molar-refractivity contribution in [3.05, 3.63) is 29.3 Å². The van der Waals surface area contributed by atoms with Gasteiger partial charge in [0, 0.05) is 18.0 Å². The van der Waals surface area contributed by atoms with Crippen molar-refractivity contribution in [3.8, 4) is 0 Å². The summed E-state index contributed by atoms with van der Waals surface area (Å²) < 4.78 is 13.0. The molecule has 3 heteroatoms. The largest absolute Gasteiger partial charge is 0.294 e. The number of hydrogen-bond acceptors (Lipinski definition) is 2. The van der Waals surface area contributed by atoms with Crippen molar-refractivity contribution in [2.45, 2.75) is 13.8 Å². The number of aryl methyl sites for hydroxylation is 1. The Morgan fingerprint density at radius 2 is 2.18 bits per heavy atom. The van der Waals surface area contributed by atoms with Gasteiger partial charge in [0.05, 0.1) is 5.56 Å². The summed E-state index contributed by atoms with van der Waals surface area (Å²) in [5.41, 5.74) is 0.461. The number of aromatic nitrogens is 1. The number of rotatable bonds is 1. The van der Waals surface area contributed by atoms with E-state index >= 15 is 0 Å². The second-order valence-electron chi connectivity index (χ2n) is 2.37. The van der Waals surface area contributed by atoms with Gasteiger partial charge in [-0.25, -0.2) is 4.39 Å². The summed E-state index contributed by atoms with van der Waals surface area (Å²) in [4.78, 5) is 14.4. The molecule has 0 aromatic carbocycles. The first-order valence-corrected chi connectivity index (χ1v) is 3.24. The molecule has 58 valence electrons. The molecule has 1 aromatic rings. The fourth-order valence-corrected chi connectivity index (χ4v) is 0.795. The van der Waals surface area contributed by atoms with Crippen molar-refractivity contribution in [1.82, 2.24) is 4.98 Å². The first-order chi connectivity index (χ1) is 5.13. The topological polar surface area (TPSA) is 30.0 Å². The maximum atomic E-state index is 13.0. The molecule has 1 heterocycles. The first kappa shape index (κ1) is 7.85. The molecule has 0 aliphatic rings. The monoisotopic (exact) mass is 153 g/mol. The second kappa shape index (κ2) is 2.78. The SMILES string of the molecule is CC(=O)c1cncc(C)c1F. The highest BCUT2D eigenvalue weighted by Gasteiger charge is 2.08. The molecular formula is C8H8FNO. The van der Waals surface area contributed by atoms with Gasteiger partial charge in [-0.3, -0.25) is 9.78 Å². The minimum absolute atomic E-state index is 0.0602. The molecule has 0 bridgehead atoms. The Morgan fingerprint density at radius 1 is 1.55 bits per heavy atom. The third-order valence-corrected chi connectivity index (χ3v) is 1.43. The van der Waals surface area contributed by atoms with Gasteiger partial charge in [-0.1, -0.05) is 0 Å². The number of nitrogens with zero attached hydrogens (tertiary/aromatic N) is 1. The van der Waals surface area contributed by atoms with Crippen LogP contribution < -0.4 is 0 Å². The number of pyridine rings is 1. The third-order valence-electron chi connectivity index (χ3n) is 1.43. The summed E-state index contributed by atoms with van der Waals surface area (Å²) in [5.74, 6) is -0.758. The van der Waals surface area contributed by atoms with Crippen LogP contribution in [-0.4, -0.2) is 10.8 Å². The maximum absolute atomic E-state index is 13.0. The first-order valence-electron chi connectivity index (χ1n) is 3.24. The van der Waals surface area contributed by atoms with Crippen LogP contribution in [0.5, 0.6) is 0 Å². The Morgan fingerprint density at radius 3 is 2.64 bits per heavy atom. The zero-order valence-electron chi connectivity index (χ0n) is 6.39. The third kappa shape index (κ3) is 1.42. The van der Waals surface area contributed by atoms with Gasteiger partial charge in [0.25, 0.3) is 0 Å². The minimum Gasteiger partial charge on any atom is -0.294 e. The van der Waals surface area contributed by atoms with Gasteiger partial charge in [0.15, 0.2) is 5.78 Å². The van der Waals surface area contributed by atoms with E-state index in [2.05, 4.69) is 4.98 Å². The molecule has 0 N–H and O–H groups in total. The Labute approximate surface area is 64.1 Å². The summed E-state index contributed by atoms with van der Waals surface area (Å²) in [6.07, 6.45) is 2.63. The van der Waals surface area contributed by atoms with E-state index in [1.165, 1.54) is 19.3 Å². The van der Waals surface area contributed by atoms with Crippen molar-refractivity contribution in [2.24, 2.45) is 0 Å². The predicted molar refractivity (Wildman–Crippen MR) is 38.9 cm³/mol. The number of halogens is 1. The minimum atomic E-state index is -0.465. The van der Waals surface area contributed by atoms with Crippen LogP contribution in [0.3, 0.4) is 0 Å². The number of hydrogen-bond donors (Lipinski definition) is 0. The van der Waals surface area contributed by atoms with Crippen LogP contribution in [0.2, 0.25) is 0 Å². The van der Waals surface area contributed by atoms with Gasteiger partial charge >= 0.3 is 0 Å². The van der Waals surface area contributed by atoms with Gasteiger partial charge < -0.3 is 0 Å². The molecule has 2 nitrogen and oxygen atoms in total. The van der Waals surface area contributed by atoms with Crippen LogP contribution in [0.15, 0.2) is 12.4 Å². The quantitative estimate of drug-likeness (QED) is 0.575. The van der Waals surface area contributed by atoms with E-state index in [0.29, 0.717) is 5.56 Å². The average Bonchev–Trinajstić information content (AvgIpc) is 1.94. The number of ketones is 1. The lowest BCUT2D eigenvalue weighted by molar-refractivity contribution is 0.101. The number of carbonyl (C=O) groups excluding carboxylic acids is 1. The average molecular weight is 153 g/mol. The number of carbonyl (C=O) groups is 1. The molecule has 1 rings (SSSR count). The van der Waals surface area contributed by atoms with Crippen molar-refractivity contribution in [2.75, 3.05) is 0 Å². The molecule has 0 spiro atoms. The molecule has 1 aromatic heterocycles. The number of Topliss-reactive ketones (excluding diaryl/α,β-unsaturated/α-hetero) is 1. The lowest BCUT2D eigenvalue weighted by Gasteiger charge is -1.98. The molecule has 0 saturated carbocycles. The van der Waals surface area contributed by atoms with Crippen LogP contribution in [0.4, 0.5) is 4.39 Å². The molecule has 0 fully saturated rings. The smallest absolute Gasteiger partial charge is 0.164 e. The van der Waals surface area contributed by atoms with Crippen LogP contribution in [0.1, 0.15) is 22.8 Å².